The molecule has 0 atom stereocenters. The molecule has 2 rings (SSSR count). The predicted molar refractivity (Wildman–Crippen MR) is 98.0 cm³/mol. The lowest BCUT2D eigenvalue weighted by atomic mass is 10.1. The molecule has 0 saturated heterocycles. The molecule has 0 fully saturated rings. The molecule has 0 bridgehead atoms. The number of hydrogen-bond donors (Lipinski definition) is 3. The van der Waals surface area contributed by atoms with Crippen LogP contribution in [-0.2, 0) is 26.0 Å². The zero-order valence-electron chi connectivity index (χ0n) is 15.1. The number of primary sulfonamides is 1. The third-order valence-corrected chi connectivity index (χ3v) is 5.04. The Morgan fingerprint density at radius 2 is 1.81 bits per heavy atom. The summed E-state index contributed by atoms with van der Waals surface area (Å²) in [5, 5.41) is 20.7. The molecule has 0 aliphatic heterocycles. The lowest BCUT2D eigenvalue weighted by Gasteiger charge is -2.07. The fourth-order valence-electron chi connectivity index (χ4n) is 2.70. The van der Waals surface area contributed by atoms with Crippen LogP contribution in [-0.4, -0.2) is 41.7 Å². The summed E-state index contributed by atoms with van der Waals surface area (Å²) in [6.45, 7) is 3.80. The Labute approximate surface area is 157 Å². The molecule has 0 unspecified atom stereocenters. The second-order valence-corrected chi connectivity index (χ2v) is 7.66. The molecule has 0 radical (unpaired) electrons. The first kappa shape index (κ1) is 20.6. The minimum absolute atomic E-state index is 0.0195. The van der Waals surface area contributed by atoms with Crippen LogP contribution in [0, 0.1) is 13.8 Å². The summed E-state index contributed by atoms with van der Waals surface area (Å²) in [5.41, 5.74) is 3.20. The third kappa shape index (κ3) is 5.38. The standard InChI is InChI=1S/C17H22N4O5S/c1-11-15(7-8-16(22)19-10-9-17(23)24)12(2)21(20-11)13-3-5-14(6-4-13)27(18,25)26/h3-6H,7-10H2,1-2H3,(H,19,22)(H,23,24)(H2,18,25,26). The molecule has 1 aromatic heterocycles. The number of rotatable bonds is 8. The number of nitrogens with zero attached hydrogens (tertiary/aromatic N) is 2. The van der Waals surface area contributed by atoms with E-state index >= 15 is 0 Å². The Morgan fingerprint density at radius 1 is 1.19 bits per heavy atom. The second-order valence-electron chi connectivity index (χ2n) is 6.09. The van der Waals surface area contributed by atoms with Gasteiger partial charge in [0.25, 0.3) is 0 Å². The highest BCUT2D eigenvalue weighted by Gasteiger charge is 2.15. The topological polar surface area (TPSA) is 144 Å². The van der Waals surface area contributed by atoms with E-state index in [9.17, 15) is 18.0 Å². The van der Waals surface area contributed by atoms with Crippen LogP contribution in [0.2, 0.25) is 0 Å². The van der Waals surface area contributed by atoms with E-state index in [1.165, 1.54) is 12.1 Å². The predicted octanol–water partition coefficient (Wildman–Crippen LogP) is 0.660. The number of hydrogen-bond acceptors (Lipinski definition) is 5. The average molecular weight is 394 g/mol. The number of nitrogens with one attached hydrogen (secondary N) is 1. The molecular weight excluding hydrogens is 372 g/mol. The third-order valence-electron chi connectivity index (χ3n) is 4.11. The lowest BCUT2D eigenvalue weighted by Crippen LogP contribution is -2.26. The molecule has 146 valence electrons. The van der Waals surface area contributed by atoms with E-state index in [-0.39, 0.29) is 30.2 Å². The Morgan fingerprint density at radius 3 is 2.37 bits per heavy atom. The van der Waals surface area contributed by atoms with Gasteiger partial charge in [0.2, 0.25) is 15.9 Å². The molecular formula is C17H22N4O5S. The average Bonchev–Trinajstić information content (AvgIpc) is 2.86. The van der Waals surface area contributed by atoms with Gasteiger partial charge in [-0.25, -0.2) is 18.2 Å². The number of aliphatic carboxylic acids is 1. The van der Waals surface area contributed by atoms with Gasteiger partial charge < -0.3 is 10.4 Å². The zero-order chi connectivity index (χ0) is 20.2. The van der Waals surface area contributed by atoms with Crippen molar-refractivity contribution < 1.29 is 23.1 Å². The highest BCUT2D eigenvalue weighted by atomic mass is 32.2. The number of amides is 1. The minimum atomic E-state index is -3.76. The maximum absolute atomic E-state index is 11.8. The summed E-state index contributed by atoms with van der Waals surface area (Å²) < 4.78 is 24.4. The van der Waals surface area contributed by atoms with Crippen LogP contribution in [0.3, 0.4) is 0 Å². The first-order valence-corrected chi connectivity index (χ1v) is 9.81. The van der Waals surface area contributed by atoms with Crippen LogP contribution in [0.25, 0.3) is 5.69 Å². The Hall–Kier alpha value is -2.72. The van der Waals surface area contributed by atoms with Gasteiger partial charge in [0.05, 0.1) is 22.7 Å². The number of carbonyl (C=O) groups excluding carboxylic acids is 1. The van der Waals surface area contributed by atoms with Crippen molar-refractivity contribution in [2.45, 2.75) is 38.0 Å². The number of carboxylic acids is 1. The number of carbonyl (C=O) groups is 2. The number of benzene rings is 1. The van der Waals surface area contributed by atoms with Crippen molar-refractivity contribution in [1.82, 2.24) is 15.1 Å². The van der Waals surface area contributed by atoms with Crippen molar-refractivity contribution in [2.24, 2.45) is 5.14 Å². The number of aromatic nitrogens is 2. The Kier molecular flexibility index (Phi) is 6.34. The lowest BCUT2D eigenvalue weighted by molar-refractivity contribution is -0.136. The van der Waals surface area contributed by atoms with Gasteiger partial charge >= 0.3 is 5.97 Å². The quantitative estimate of drug-likeness (QED) is 0.600. The van der Waals surface area contributed by atoms with E-state index < -0.39 is 16.0 Å². The van der Waals surface area contributed by atoms with E-state index in [4.69, 9.17) is 10.2 Å². The van der Waals surface area contributed by atoms with Crippen molar-refractivity contribution in [1.29, 1.82) is 0 Å². The molecule has 0 aliphatic carbocycles. The van der Waals surface area contributed by atoms with Crippen molar-refractivity contribution in [3.8, 4) is 5.69 Å². The van der Waals surface area contributed by atoms with Crippen molar-refractivity contribution in [3.05, 3.63) is 41.2 Å². The number of aryl methyl sites for hydroxylation is 1. The van der Waals surface area contributed by atoms with Gasteiger partial charge in [0.15, 0.2) is 0 Å². The molecule has 1 heterocycles. The van der Waals surface area contributed by atoms with Gasteiger partial charge in [-0.3, -0.25) is 9.59 Å². The van der Waals surface area contributed by atoms with Crippen LogP contribution < -0.4 is 10.5 Å². The fourth-order valence-corrected chi connectivity index (χ4v) is 3.22. The Bertz CT molecular complexity index is 948. The van der Waals surface area contributed by atoms with Crippen LogP contribution in [0.1, 0.15) is 29.8 Å². The van der Waals surface area contributed by atoms with Crippen molar-refractivity contribution in [3.63, 3.8) is 0 Å². The molecule has 9 nitrogen and oxygen atoms in total. The fraction of sp³-hybridized carbons (Fsp3) is 0.353. The van der Waals surface area contributed by atoms with Gasteiger partial charge in [0, 0.05) is 18.7 Å². The summed E-state index contributed by atoms with van der Waals surface area (Å²) in [6.07, 6.45) is 0.569. The summed E-state index contributed by atoms with van der Waals surface area (Å²) in [7, 11) is -3.76. The molecule has 4 N–H and O–H groups in total. The molecule has 10 heteroatoms. The number of sulfonamides is 1. The molecule has 1 amide bonds. The zero-order valence-corrected chi connectivity index (χ0v) is 15.9. The molecule has 1 aromatic carbocycles. The largest absolute Gasteiger partial charge is 0.481 e. The summed E-state index contributed by atoms with van der Waals surface area (Å²) >= 11 is 0. The summed E-state index contributed by atoms with van der Waals surface area (Å²) in [5.74, 6) is -1.18. The second kappa shape index (κ2) is 8.31. The van der Waals surface area contributed by atoms with E-state index in [1.807, 2.05) is 13.8 Å². The number of carboxylic acid groups (broad SMARTS) is 1. The van der Waals surface area contributed by atoms with Gasteiger partial charge in [-0.05, 0) is 50.1 Å². The Balaban J connectivity index is 2.10. The van der Waals surface area contributed by atoms with E-state index in [0.717, 1.165) is 17.0 Å². The smallest absolute Gasteiger partial charge is 0.305 e. The van der Waals surface area contributed by atoms with Crippen LogP contribution >= 0.6 is 0 Å². The van der Waals surface area contributed by atoms with Gasteiger partial charge in [-0.1, -0.05) is 0 Å². The monoisotopic (exact) mass is 394 g/mol. The minimum Gasteiger partial charge on any atom is -0.481 e. The summed E-state index contributed by atoms with van der Waals surface area (Å²) in [6, 6.07) is 6.05. The SMILES string of the molecule is Cc1nn(-c2ccc(S(N)(=O)=O)cc2)c(C)c1CCC(=O)NCCC(=O)O. The van der Waals surface area contributed by atoms with E-state index in [0.29, 0.717) is 12.1 Å². The van der Waals surface area contributed by atoms with Gasteiger partial charge in [-0.15, -0.1) is 0 Å². The van der Waals surface area contributed by atoms with E-state index in [1.54, 1.807) is 16.8 Å². The summed E-state index contributed by atoms with van der Waals surface area (Å²) in [4.78, 5) is 22.3. The molecule has 0 spiro atoms. The van der Waals surface area contributed by atoms with Gasteiger partial charge in [0.1, 0.15) is 0 Å². The highest BCUT2D eigenvalue weighted by molar-refractivity contribution is 7.89. The first-order chi connectivity index (χ1) is 12.6. The number of nitrogens with two attached hydrogens (primary N) is 1. The van der Waals surface area contributed by atoms with Crippen LogP contribution in [0.15, 0.2) is 29.2 Å². The van der Waals surface area contributed by atoms with Crippen molar-refractivity contribution >= 4 is 21.9 Å². The molecule has 27 heavy (non-hydrogen) atoms. The molecule has 2 aromatic rings. The normalized spacial score (nSPS) is 11.4. The van der Waals surface area contributed by atoms with Gasteiger partial charge in [-0.2, -0.15) is 5.10 Å². The molecule has 0 aliphatic rings. The van der Waals surface area contributed by atoms with Crippen LogP contribution in [0.4, 0.5) is 0 Å². The van der Waals surface area contributed by atoms with E-state index in [2.05, 4.69) is 10.4 Å². The van der Waals surface area contributed by atoms with Crippen LogP contribution in [0.5, 0.6) is 0 Å². The highest BCUT2D eigenvalue weighted by Crippen LogP contribution is 2.20. The molecule has 0 saturated carbocycles. The maximum Gasteiger partial charge on any atom is 0.305 e. The van der Waals surface area contributed by atoms with Crippen molar-refractivity contribution in [2.75, 3.05) is 6.54 Å². The first-order valence-electron chi connectivity index (χ1n) is 8.26. The maximum atomic E-state index is 11.8.